The van der Waals surface area contributed by atoms with Gasteiger partial charge in [-0.25, -0.2) is 12.8 Å². The molecule has 1 atom stereocenters. The summed E-state index contributed by atoms with van der Waals surface area (Å²) in [6.07, 6.45) is 0. The molecule has 0 radical (unpaired) electrons. The molecule has 0 spiro atoms. The van der Waals surface area contributed by atoms with Crippen molar-refractivity contribution >= 4 is 39.1 Å². The van der Waals surface area contributed by atoms with Crippen LogP contribution in [-0.2, 0) is 26.2 Å². The van der Waals surface area contributed by atoms with Gasteiger partial charge in [0.1, 0.15) is 18.4 Å². The Morgan fingerprint density at radius 3 is 2.18 bits per heavy atom. The first-order valence-corrected chi connectivity index (χ1v) is 14.2. The van der Waals surface area contributed by atoms with Gasteiger partial charge in [-0.3, -0.25) is 13.9 Å². The second-order valence-corrected chi connectivity index (χ2v) is 12.7. The second-order valence-electron chi connectivity index (χ2n) is 10.4. The topological polar surface area (TPSA) is 86.8 Å². The molecule has 10 heteroatoms. The van der Waals surface area contributed by atoms with Gasteiger partial charge in [0.05, 0.1) is 10.6 Å². The van der Waals surface area contributed by atoms with Crippen molar-refractivity contribution in [1.82, 2.24) is 10.2 Å². The second kappa shape index (κ2) is 12.2. The Morgan fingerprint density at radius 2 is 1.62 bits per heavy atom. The van der Waals surface area contributed by atoms with Gasteiger partial charge in [-0.05, 0) is 82.6 Å². The van der Waals surface area contributed by atoms with Crippen molar-refractivity contribution in [3.8, 4) is 0 Å². The Labute approximate surface area is 234 Å². The molecule has 0 aliphatic heterocycles. The predicted molar refractivity (Wildman–Crippen MR) is 151 cm³/mol. The molecule has 0 aliphatic carbocycles. The minimum Gasteiger partial charge on any atom is -0.350 e. The van der Waals surface area contributed by atoms with Gasteiger partial charge in [0, 0.05) is 17.1 Å². The van der Waals surface area contributed by atoms with Crippen LogP contribution in [0.2, 0.25) is 5.02 Å². The molecule has 0 fully saturated rings. The van der Waals surface area contributed by atoms with Crippen LogP contribution in [0.4, 0.5) is 10.1 Å². The summed E-state index contributed by atoms with van der Waals surface area (Å²) in [6.45, 7) is 8.24. The number of hydrogen-bond acceptors (Lipinski definition) is 4. The Balaban J connectivity index is 2.03. The first-order valence-electron chi connectivity index (χ1n) is 12.4. The lowest BCUT2D eigenvalue weighted by Crippen LogP contribution is -2.54. The zero-order chi connectivity index (χ0) is 29.0. The molecule has 208 valence electrons. The van der Waals surface area contributed by atoms with Gasteiger partial charge in [-0.1, -0.05) is 47.5 Å². The lowest BCUT2D eigenvalue weighted by molar-refractivity contribution is -0.140. The number of halogens is 2. The summed E-state index contributed by atoms with van der Waals surface area (Å²) in [6, 6.07) is 17.1. The molecule has 7 nitrogen and oxygen atoms in total. The Kier molecular flexibility index (Phi) is 9.40. The molecule has 0 heterocycles. The maximum atomic E-state index is 13.9. The fourth-order valence-corrected chi connectivity index (χ4v) is 5.43. The van der Waals surface area contributed by atoms with Crippen molar-refractivity contribution < 1.29 is 22.4 Å². The molecule has 1 N–H and O–H groups in total. The van der Waals surface area contributed by atoms with Crippen LogP contribution in [-0.4, -0.2) is 43.3 Å². The Bertz CT molecular complexity index is 1420. The fraction of sp³-hybridized carbons (Fsp3) is 0.310. The molecule has 2 amide bonds. The fourth-order valence-electron chi connectivity index (χ4n) is 3.84. The number of aryl methyl sites for hydroxylation is 1. The molecule has 39 heavy (non-hydrogen) atoms. The van der Waals surface area contributed by atoms with Crippen molar-refractivity contribution in [3.63, 3.8) is 0 Å². The van der Waals surface area contributed by atoms with E-state index in [9.17, 15) is 22.4 Å². The van der Waals surface area contributed by atoms with Gasteiger partial charge in [0.25, 0.3) is 10.0 Å². The van der Waals surface area contributed by atoms with Crippen LogP contribution in [0.25, 0.3) is 0 Å². The monoisotopic (exact) mass is 573 g/mol. The van der Waals surface area contributed by atoms with E-state index in [0.29, 0.717) is 10.6 Å². The van der Waals surface area contributed by atoms with Crippen LogP contribution in [0.5, 0.6) is 0 Å². The molecule has 0 saturated carbocycles. The van der Waals surface area contributed by atoms with Crippen LogP contribution < -0.4 is 9.62 Å². The standard InChI is InChI=1S/C29H33ClFN3O4S/c1-20-9-15-26(16-10-20)39(37,38)34(25-8-6-7-23(30)17-25)19-27(35)33(18-22-11-13-24(31)14-12-22)21(2)28(36)32-29(3,4)5/h6-17,21H,18-19H2,1-5H3,(H,32,36)/t21-/m1/s1. The van der Waals surface area contributed by atoms with Crippen molar-refractivity contribution in [2.24, 2.45) is 0 Å². The summed E-state index contributed by atoms with van der Waals surface area (Å²) in [5.74, 6) is -1.47. The van der Waals surface area contributed by atoms with Gasteiger partial charge in [-0.2, -0.15) is 0 Å². The number of rotatable bonds is 9. The summed E-state index contributed by atoms with van der Waals surface area (Å²) in [5, 5.41) is 3.16. The largest absolute Gasteiger partial charge is 0.350 e. The summed E-state index contributed by atoms with van der Waals surface area (Å²) in [5.41, 5.74) is 1.10. The number of sulfonamides is 1. The molecule has 3 aromatic rings. The van der Waals surface area contributed by atoms with Crippen LogP contribution in [0.15, 0.2) is 77.7 Å². The van der Waals surface area contributed by atoms with Crippen molar-refractivity contribution in [1.29, 1.82) is 0 Å². The number of carbonyl (C=O) groups is 2. The van der Waals surface area contributed by atoms with Gasteiger partial charge in [0.15, 0.2) is 0 Å². The van der Waals surface area contributed by atoms with E-state index < -0.39 is 45.8 Å². The highest BCUT2D eigenvalue weighted by molar-refractivity contribution is 7.92. The molecule has 0 aliphatic rings. The number of carbonyl (C=O) groups excluding carboxylic acids is 2. The molecule has 3 aromatic carbocycles. The lowest BCUT2D eigenvalue weighted by Gasteiger charge is -2.33. The molecule has 0 unspecified atom stereocenters. The lowest BCUT2D eigenvalue weighted by atomic mass is 10.1. The van der Waals surface area contributed by atoms with Crippen molar-refractivity contribution in [2.75, 3.05) is 10.8 Å². The van der Waals surface area contributed by atoms with E-state index in [2.05, 4.69) is 5.32 Å². The number of anilines is 1. The van der Waals surface area contributed by atoms with E-state index in [1.54, 1.807) is 37.3 Å². The quantitative estimate of drug-likeness (QED) is 0.376. The summed E-state index contributed by atoms with van der Waals surface area (Å²) in [7, 11) is -4.19. The summed E-state index contributed by atoms with van der Waals surface area (Å²) < 4.78 is 42.1. The minimum absolute atomic E-state index is 0.00415. The van der Waals surface area contributed by atoms with Gasteiger partial charge >= 0.3 is 0 Å². The van der Waals surface area contributed by atoms with E-state index in [0.717, 1.165) is 9.87 Å². The molecular formula is C29H33ClFN3O4S. The van der Waals surface area contributed by atoms with Gasteiger partial charge < -0.3 is 10.2 Å². The number of amides is 2. The van der Waals surface area contributed by atoms with E-state index in [1.165, 1.54) is 47.4 Å². The highest BCUT2D eigenvalue weighted by atomic mass is 35.5. The maximum Gasteiger partial charge on any atom is 0.264 e. The van der Waals surface area contributed by atoms with E-state index in [4.69, 9.17) is 11.6 Å². The third-order valence-electron chi connectivity index (χ3n) is 5.92. The molecular weight excluding hydrogens is 541 g/mol. The number of benzene rings is 3. The average molecular weight is 574 g/mol. The van der Waals surface area contributed by atoms with Gasteiger partial charge in [-0.15, -0.1) is 0 Å². The Morgan fingerprint density at radius 1 is 1.00 bits per heavy atom. The van der Waals surface area contributed by atoms with Crippen LogP contribution in [0.1, 0.15) is 38.8 Å². The van der Waals surface area contributed by atoms with Crippen molar-refractivity contribution in [2.45, 2.75) is 57.6 Å². The molecule has 0 saturated heterocycles. The van der Waals surface area contributed by atoms with Gasteiger partial charge in [0.2, 0.25) is 11.8 Å². The molecule has 3 rings (SSSR count). The molecule has 0 bridgehead atoms. The third kappa shape index (κ3) is 8.03. The van der Waals surface area contributed by atoms with Crippen LogP contribution in [0.3, 0.4) is 0 Å². The average Bonchev–Trinajstić information content (AvgIpc) is 2.85. The minimum atomic E-state index is -4.19. The maximum absolute atomic E-state index is 13.9. The van der Waals surface area contributed by atoms with Crippen LogP contribution in [0, 0.1) is 12.7 Å². The van der Waals surface area contributed by atoms with E-state index in [1.807, 2.05) is 27.7 Å². The first-order chi connectivity index (χ1) is 18.2. The number of hydrogen-bond donors (Lipinski definition) is 1. The highest BCUT2D eigenvalue weighted by Crippen LogP contribution is 2.27. The van der Waals surface area contributed by atoms with E-state index in [-0.39, 0.29) is 17.1 Å². The predicted octanol–water partition coefficient (Wildman–Crippen LogP) is 5.31. The highest BCUT2D eigenvalue weighted by Gasteiger charge is 2.33. The first kappa shape index (κ1) is 30.1. The van der Waals surface area contributed by atoms with E-state index >= 15 is 0 Å². The third-order valence-corrected chi connectivity index (χ3v) is 7.94. The summed E-state index contributed by atoms with van der Waals surface area (Å²) >= 11 is 6.18. The van der Waals surface area contributed by atoms with Crippen LogP contribution >= 0.6 is 11.6 Å². The smallest absolute Gasteiger partial charge is 0.264 e. The summed E-state index contributed by atoms with van der Waals surface area (Å²) in [4.78, 5) is 28.2. The zero-order valence-electron chi connectivity index (χ0n) is 22.6. The number of nitrogens with one attached hydrogen (secondary N) is 1. The zero-order valence-corrected chi connectivity index (χ0v) is 24.2. The van der Waals surface area contributed by atoms with Crippen molar-refractivity contribution in [3.05, 3.63) is 94.8 Å². The SMILES string of the molecule is Cc1ccc(S(=O)(=O)N(CC(=O)N(Cc2ccc(F)cc2)[C@H](C)C(=O)NC(C)(C)C)c2cccc(Cl)c2)cc1. The number of nitrogens with zero attached hydrogens (tertiary/aromatic N) is 2. The Hall–Kier alpha value is -3.43. The normalized spacial score (nSPS) is 12.5. The molecule has 0 aromatic heterocycles.